The van der Waals surface area contributed by atoms with Crippen molar-refractivity contribution in [3.05, 3.63) is 24.2 Å². The summed E-state index contributed by atoms with van der Waals surface area (Å²) in [5.74, 6) is 1.43. The number of nitrogens with two attached hydrogens (primary N) is 1. The number of aromatic nitrogens is 4. The van der Waals surface area contributed by atoms with E-state index in [1.165, 1.54) is 11.0 Å². The van der Waals surface area contributed by atoms with E-state index in [2.05, 4.69) is 21.1 Å². The zero-order valence-electron chi connectivity index (χ0n) is 10.9. The Labute approximate surface area is 111 Å². The molecule has 0 aliphatic carbocycles. The van der Waals surface area contributed by atoms with Gasteiger partial charge >= 0.3 is 0 Å². The summed E-state index contributed by atoms with van der Waals surface area (Å²) in [5, 5.41) is 13.7. The fourth-order valence-corrected chi connectivity index (χ4v) is 1.85. The van der Waals surface area contributed by atoms with Crippen molar-refractivity contribution in [2.75, 3.05) is 23.7 Å². The molecule has 0 fully saturated rings. The Kier molecular flexibility index (Phi) is 3.61. The van der Waals surface area contributed by atoms with Crippen molar-refractivity contribution >= 4 is 11.6 Å². The van der Waals surface area contributed by atoms with E-state index in [1.807, 2.05) is 18.7 Å². The van der Waals surface area contributed by atoms with Crippen molar-refractivity contribution in [3.8, 4) is 11.9 Å². The Balaban J connectivity index is 2.57. The number of anilines is 2. The average Bonchev–Trinajstić information content (AvgIpc) is 2.78. The van der Waals surface area contributed by atoms with Crippen LogP contribution in [0, 0.1) is 11.3 Å². The Morgan fingerprint density at radius 2 is 2.16 bits per heavy atom. The van der Waals surface area contributed by atoms with Gasteiger partial charge in [-0.15, -0.1) is 5.10 Å². The topological polar surface area (TPSA) is 96.7 Å². The lowest BCUT2D eigenvalue weighted by atomic mass is 10.3. The molecule has 7 nitrogen and oxygen atoms in total. The van der Waals surface area contributed by atoms with Crippen LogP contribution in [-0.4, -0.2) is 32.8 Å². The zero-order chi connectivity index (χ0) is 13.8. The zero-order valence-corrected chi connectivity index (χ0v) is 10.9. The first-order valence-electron chi connectivity index (χ1n) is 6.02. The van der Waals surface area contributed by atoms with Crippen LogP contribution in [0.15, 0.2) is 18.6 Å². The predicted octanol–water partition coefficient (Wildman–Crippen LogP) is 0.962. The number of nitriles is 1. The molecule has 0 amide bonds. The number of hydrogen-bond donors (Lipinski definition) is 1. The van der Waals surface area contributed by atoms with Crippen molar-refractivity contribution in [1.82, 2.24) is 19.7 Å². The maximum Gasteiger partial charge on any atom is 0.171 e. The lowest BCUT2D eigenvalue weighted by molar-refractivity contribution is 0.795. The summed E-state index contributed by atoms with van der Waals surface area (Å²) in [6, 6.07) is 3.80. The largest absolute Gasteiger partial charge is 0.382 e. The smallest absolute Gasteiger partial charge is 0.171 e. The minimum atomic E-state index is 0.295. The van der Waals surface area contributed by atoms with Crippen LogP contribution in [0.1, 0.15) is 19.4 Å². The normalized spacial score (nSPS) is 10.2. The Morgan fingerprint density at radius 1 is 1.42 bits per heavy atom. The van der Waals surface area contributed by atoms with Gasteiger partial charge < -0.3 is 10.6 Å². The summed E-state index contributed by atoms with van der Waals surface area (Å²) in [6.45, 7) is 5.52. The summed E-state index contributed by atoms with van der Waals surface area (Å²) in [6.07, 6.45) is 3.02. The third kappa shape index (κ3) is 2.20. The van der Waals surface area contributed by atoms with E-state index in [1.54, 1.807) is 12.3 Å². The average molecular weight is 257 g/mol. The summed E-state index contributed by atoms with van der Waals surface area (Å²) in [7, 11) is 0. The predicted molar refractivity (Wildman–Crippen MR) is 71.8 cm³/mol. The van der Waals surface area contributed by atoms with Crippen LogP contribution in [0.5, 0.6) is 0 Å². The molecule has 2 aromatic rings. The van der Waals surface area contributed by atoms with Gasteiger partial charge in [0.1, 0.15) is 23.8 Å². The Morgan fingerprint density at radius 3 is 2.68 bits per heavy atom. The molecule has 0 atom stereocenters. The van der Waals surface area contributed by atoms with Gasteiger partial charge in [-0.25, -0.2) is 9.97 Å². The van der Waals surface area contributed by atoms with Crippen molar-refractivity contribution in [1.29, 1.82) is 5.26 Å². The molecule has 19 heavy (non-hydrogen) atoms. The minimum absolute atomic E-state index is 0.295. The molecule has 0 bridgehead atoms. The lowest BCUT2D eigenvalue weighted by Crippen LogP contribution is -2.23. The molecule has 0 radical (unpaired) electrons. The highest BCUT2D eigenvalue weighted by Crippen LogP contribution is 2.25. The van der Waals surface area contributed by atoms with Gasteiger partial charge in [0.25, 0.3) is 0 Å². The Bertz CT molecular complexity index is 593. The first-order valence-corrected chi connectivity index (χ1v) is 6.02. The highest BCUT2D eigenvalue weighted by molar-refractivity contribution is 5.66. The third-order valence-electron chi connectivity index (χ3n) is 2.86. The summed E-state index contributed by atoms with van der Waals surface area (Å²) in [4.78, 5) is 9.92. The maximum absolute atomic E-state index is 9.26. The van der Waals surface area contributed by atoms with Gasteiger partial charge in [-0.3, -0.25) is 0 Å². The summed E-state index contributed by atoms with van der Waals surface area (Å²) in [5.41, 5.74) is 6.36. The molecule has 0 aromatic carbocycles. The molecule has 0 spiro atoms. The van der Waals surface area contributed by atoms with Crippen molar-refractivity contribution in [3.63, 3.8) is 0 Å². The molecular formula is C12H15N7. The van der Waals surface area contributed by atoms with E-state index >= 15 is 0 Å². The summed E-state index contributed by atoms with van der Waals surface area (Å²) < 4.78 is 1.47. The summed E-state index contributed by atoms with van der Waals surface area (Å²) >= 11 is 0. The van der Waals surface area contributed by atoms with E-state index in [4.69, 9.17) is 5.73 Å². The van der Waals surface area contributed by atoms with E-state index in [0.29, 0.717) is 23.0 Å². The quantitative estimate of drug-likeness (QED) is 0.876. The molecule has 2 N–H and O–H groups in total. The monoisotopic (exact) mass is 257 g/mol. The van der Waals surface area contributed by atoms with Gasteiger partial charge in [-0.2, -0.15) is 9.94 Å². The number of rotatable bonds is 4. The van der Waals surface area contributed by atoms with Crippen molar-refractivity contribution < 1.29 is 0 Å². The maximum atomic E-state index is 9.26. The van der Waals surface area contributed by atoms with Gasteiger partial charge in [0.15, 0.2) is 11.6 Å². The molecule has 0 saturated carbocycles. The lowest BCUT2D eigenvalue weighted by Gasteiger charge is -2.17. The molecule has 7 heteroatoms. The molecular weight excluding hydrogens is 242 g/mol. The van der Waals surface area contributed by atoms with Crippen molar-refractivity contribution in [2.45, 2.75) is 13.8 Å². The van der Waals surface area contributed by atoms with Crippen LogP contribution in [0.3, 0.4) is 0 Å². The standard InChI is InChI=1S/C12H15N7/c1-3-18(4-2)12-9(7-13)11(14)19(17-12)10-5-6-15-8-16-10/h5-6,8H,3-4,14H2,1-2H3. The molecule has 2 rings (SSSR count). The highest BCUT2D eigenvalue weighted by Gasteiger charge is 2.20. The molecule has 0 unspecified atom stereocenters. The molecule has 0 aliphatic rings. The van der Waals surface area contributed by atoms with Gasteiger partial charge in [-0.05, 0) is 13.8 Å². The number of nitrogens with zero attached hydrogens (tertiary/aromatic N) is 6. The van der Waals surface area contributed by atoms with E-state index < -0.39 is 0 Å². The van der Waals surface area contributed by atoms with Crippen LogP contribution in [-0.2, 0) is 0 Å². The van der Waals surface area contributed by atoms with Crippen LogP contribution >= 0.6 is 0 Å². The van der Waals surface area contributed by atoms with Crippen LogP contribution in [0.4, 0.5) is 11.6 Å². The molecule has 0 saturated heterocycles. The van der Waals surface area contributed by atoms with Crippen LogP contribution in [0.2, 0.25) is 0 Å². The second kappa shape index (κ2) is 5.35. The minimum Gasteiger partial charge on any atom is -0.382 e. The second-order valence-corrected chi connectivity index (χ2v) is 3.85. The number of hydrogen-bond acceptors (Lipinski definition) is 6. The fraction of sp³-hybridized carbons (Fsp3) is 0.333. The van der Waals surface area contributed by atoms with E-state index in [0.717, 1.165) is 13.1 Å². The first kappa shape index (κ1) is 12.8. The van der Waals surface area contributed by atoms with Gasteiger partial charge in [0.2, 0.25) is 0 Å². The van der Waals surface area contributed by atoms with Crippen molar-refractivity contribution in [2.24, 2.45) is 0 Å². The molecule has 0 aliphatic heterocycles. The highest BCUT2D eigenvalue weighted by atomic mass is 15.4. The van der Waals surface area contributed by atoms with Gasteiger partial charge in [0, 0.05) is 25.4 Å². The molecule has 2 heterocycles. The molecule has 98 valence electrons. The van der Waals surface area contributed by atoms with E-state index in [9.17, 15) is 5.26 Å². The molecule has 2 aromatic heterocycles. The third-order valence-corrected chi connectivity index (χ3v) is 2.86. The second-order valence-electron chi connectivity index (χ2n) is 3.85. The Hall–Kier alpha value is -2.62. The fourth-order valence-electron chi connectivity index (χ4n) is 1.85. The van der Waals surface area contributed by atoms with E-state index in [-0.39, 0.29) is 0 Å². The SMILES string of the molecule is CCN(CC)c1nn(-c2ccncn2)c(N)c1C#N. The first-order chi connectivity index (χ1) is 9.22. The number of nitrogen functional groups attached to an aromatic ring is 1. The van der Waals surface area contributed by atoms with Crippen LogP contribution < -0.4 is 10.6 Å². The van der Waals surface area contributed by atoms with Gasteiger partial charge in [-0.1, -0.05) is 0 Å². The van der Waals surface area contributed by atoms with Crippen LogP contribution in [0.25, 0.3) is 5.82 Å². The van der Waals surface area contributed by atoms with Gasteiger partial charge in [0.05, 0.1) is 0 Å².